The lowest BCUT2D eigenvalue weighted by Gasteiger charge is -2.34. The minimum atomic E-state index is -0.119. The van der Waals surface area contributed by atoms with Crippen LogP contribution in [0.25, 0.3) is 0 Å². The Morgan fingerprint density at radius 3 is 0.837 bits per heavy atom. The van der Waals surface area contributed by atoms with Crippen LogP contribution in [0, 0.1) is 0 Å². The van der Waals surface area contributed by atoms with E-state index in [-0.39, 0.29) is 36.7 Å². The molecule has 16 rings (SSSR count). The molecule has 24 nitrogen and oxygen atoms in total. The van der Waals surface area contributed by atoms with Crippen LogP contribution in [-0.4, -0.2) is 249 Å². The van der Waals surface area contributed by atoms with E-state index >= 15 is 0 Å². The van der Waals surface area contributed by atoms with E-state index in [0.29, 0.717) is 48.4 Å². The van der Waals surface area contributed by atoms with Crippen molar-refractivity contribution in [2.75, 3.05) is 137 Å². The number of aliphatic imine (C=N–C) groups is 1. The largest absolute Gasteiger partial charge is 0.392 e. The molecule has 4 aliphatic rings. The second kappa shape index (κ2) is 65.1. The van der Waals surface area contributed by atoms with Gasteiger partial charge in [-0.3, -0.25) is 88.0 Å². The monoisotopic (exact) mass is 2040 g/mol. The molecule has 4 fully saturated rings. The number of thiol groups is 4. The third kappa shape index (κ3) is 42.5. The molecule has 0 bridgehead atoms. The summed E-state index contributed by atoms with van der Waals surface area (Å²) >= 11 is 16.6. The van der Waals surface area contributed by atoms with Crippen LogP contribution < -0.4 is 22.1 Å². The number of carbonyl (C=O) groups is 8. The van der Waals surface area contributed by atoms with E-state index in [1.807, 2.05) is 182 Å². The molecule has 6 N–H and O–H groups in total. The molecule has 4 saturated heterocycles. The van der Waals surface area contributed by atoms with Crippen LogP contribution in [0.5, 0.6) is 0 Å². The number of nitrogens with two attached hydrogens (primary N) is 1. The zero-order valence-electron chi connectivity index (χ0n) is 78.6. The molecule has 0 aliphatic carbocycles. The van der Waals surface area contributed by atoms with E-state index < -0.39 is 0 Å². The normalized spacial score (nSPS) is 14.3. The van der Waals surface area contributed by atoms with Gasteiger partial charge in [-0.1, -0.05) is 310 Å². The topological polar surface area (TPSA) is 282 Å². The molecule has 141 heavy (non-hydrogen) atoms. The molecular formula is C109H121N15O9S8. The van der Waals surface area contributed by atoms with Crippen LogP contribution in [0.1, 0.15) is 85.9 Å². The van der Waals surface area contributed by atoms with Crippen molar-refractivity contribution in [3.8, 4) is 0 Å². The first-order valence-corrected chi connectivity index (χ1v) is 52.2. The fourth-order valence-electron chi connectivity index (χ4n) is 14.6. The number of hydrazine groups is 1. The van der Waals surface area contributed by atoms with Gasteiger partial charge in [-0.2, -0.15) is 10.2 Å². The van der Waals surface area contributed by atoms with E-state index in [0.717, 1.165) is 217 Å². The minimum Gasteiger partial charge on any atom is -0.392 e. The van der Waals surface area contributed by atoms with Crippen molar-refractivity contribution in [1.29, 1.82) is 0 Å². The Morgan fingerprint density at radius 2 is 0.539 bits per heavy atom. The summed E-state index contributed by atoms with van der Waals surface area (Å²) in [6.07, 6.45) is 8.41. The molecule has 0 aromatic heterocycles. The van der Waals surface area contributed by atoms with E-state index in [2.05, 4.69) is 224 Å². The Labute approximate surface area is 865 Å². The Morgan fingerprint density at radius 1 is 0.291 bits per heavy atom. The maximum atomic E-state index is 12.8. The fourth-order valence-corrected chi connectivity index (χ4v) is 20.2. The summed E-state index contributed by atoms with van der Waals surface area (Å²) in [5.74, 6) is 4.90. The molecule has 12 aromatic rings. The van der Waals surface area contributed by atoms with Gasteiger partial charge in [-0.15, -0.1) is 50.5 Å². The van der Waals surface area contributed by atoms with Gasteiger partial charge < -0.3 is 5.11 Å². The summed E-state index contributed by atoms with van der Waals surface area (Å²) in [4.78, 5) is 121. The number of hydrogen-bond acceptors (Lipinski definition) is 29. The SMILES string of the molecule is NNC(=O)CN1CCN(Cc2ccccc2)CC1.O=C(CN1CCN(Cc2ccccc2)CC1)N/N=C/c1ccccc1S.O=C(CN=Cc1ccccc1SSc1ccccc1/C=N/NC(=O)CN1CCN(Cc2ccccc2)CC1)CN1CCN(Cc2ccccc2)CC1.O=Cc1ccccc1S.O=Cc1ccccc1S.O=Cc1ccccc1SSc1ccccc1C=O.OCc1ccccc1S. The lowest BCUT2D eigenvalue weighted by molar-refractivity contribution is -0.123. The molecule has 0 spiro atoms. The summed E-state index contributed by atoms with van der Waals surface area (Å²) < 4.78 is 0. The number of hydrogen-bond donors (Lipinski definition) is 9. The highest BCUT2D eigenvalue weighted by molar-refractivity contribution is 8.77. The van der Waals surface area contributed by atoms with Crippen molar-refractivity contribution in [2.24, 2.45) is 21.0 Å². The van der Waals surface area contributed by atoms with Crippen molar-refractivity contribution in [2.45, 2.75) is 71.9 Å². The average molecular weight is 2040 g/mol. The minimum absolute atomic E-state index is 0.0691. The number of nitrogens with zero attached hydrogens (tertiary/aromatic N) is 11. The first kappa shape index (κ1) is 112. The van der Waals surface area contributed by atoms with Crippen LogP contribution in [0.3, 0.4) is 0 Å². The van der Waals surface area contributed by atoms with Crippen LogP contribution in [0.2, 0.25) is 0 Å². The summed E-state index contributed by atoms with van der Waals surface area (Å²) in [7, 11) is 6.22. The van der Waals surface area contributed by atoms with Crippen molar-refractivity contribution in [1.82, 2.24) is 55.5 Å². The zero-order valence-corrected chi connectivity index (χ0v) is 85.4. The van der Waals surface area contributed by atoms with Crippen LogP contribution in [0.15, 0.2) is 370 Å². The van der Waals surface area contributed by atoms with E-state index in [9.17, 15) is 38.4 Å². The molecular weight excluding hydrogens is 1920 g/mol. The predicted octanol–water partition coefficient (Wildman–Crippen LogP) is 16.8. The fraction of sp³-hybridized carbons (Fsp3) is 0.239. The van der Waals surface area contributed by atoms with Gasteiger partial charge in [0, 0.05) is 215 Å². The average Bonchev–Trinajstić information content (AvgIpc) is 0.898. The number of aldehydes is 4. The van der Waals surface area contributed by atoms with E-state index in [1.165, 1.54) is 43.8 Å². The number of nitrogens with one attached hydrogen (secondary N) is 3. The van der Waals surface area contributed by atoms with E-state index in [1.54, 1.807) is 70.4 Å². The summed E-state index contributed by atoms with van der Waals surface area (Å²) in [5.41, 5.74) is 19.1. The first-order valence-electron chi connectivity index (χ1n) is 46.1. The number of aliphatic hydroxyl groups is 1. The Balaban J connectivity index is 0.000000191. The molecule has 3 amide bonds. The second-order valence-corrected chi connectivity index (χ2v) is 39.1. The number of rotatable bonds is 34. The Hall–Kier alpha value is -11.2. The number of amides is 3. The summed E-state index contributed by atoms with van der Waals surface area (Å²) in [6, 6.07) is 102. The Kier molecular flexibility index (Phi) is 51.6. The van der Waals surface area contributed by atoms with Gasteiger partial charge in [0.15, 0.2) is 30.9 Å². The second-order valence-electron chi connectivity index (χ2n) is 32.7. The van der Waals surface area contributed by atoms with Gasteiger partial charge in [-0.25, -0.2) is 16.7 Å². The maximum Gasteiger partial charge on any atom is 0.254 e. The molecule has 0 atom stereocenters. The molecule has 0 radical (unpaired) electrons. The number of hydrazone groups is 2. The number of piperazine rings is 4. The van der Waals surface area contributed by atoms with Gasteiger partial charge in [0.1, 0.15) is 0 Å². The highest BCUT2D eigenvalue weighted by atomic mass is 33.1. The number of benzene rings is 12. The highest BCUT2D eigenvalue weighted by Crippen LogP contribution is 2.41. The highest BCUT2D eigenvalue weighted by Gasteiger charge is 2.24. The standard InChI is InChI=1S/C41H47N7O2S2.C20H24N4OS.C14H10O2S2.C13H20N4O.C7H8OS.2C7H6OS/c49-38(32-47-23-19-45(20-24-47)30-34-11-3-1-4-12-34)29-42-27-36-15-7-9-17-39(36)51-52-40-18-10-8-16-37(40)28-43-44-41(50)33-48-25-21-46(22-26-48)31-35-13-5-2-6-14-35;25-20(22-21-14-18-8-4-5-9-19(18)26)16-24-12-10-23(11-13-24)15-17-6-2-1-3-7-17;15-9-11-5-1-3-7-13(11)17-18-14-8-4-2-6-12(14)10-16;14-15-13(18)11-17-8-6-16(7-9-17)10-12-4-2-1-3-5-12;3*8-5-6-3-1-2-4-7(6)9/h1-18,27-28H,19-26,29-33H2,(H,44,50);1-9,14,26H,10-13,15-16H2,(H,22,25);1-10H;1-5H,6-11,14H2,(H,15,18);1-4,8-9H,5H2;2*1-5,9H/b42-27?,43-28+;21-14+;;;;;. The van der Waals surface area contributed by atoms with Gasteiger partial charge in [-0.05, 0) is 76.3 Å². The molecule has 4 heterocycles. The summed E-state index contributed by atoms with van der Waals surface area (Å²) in [5, 5.41) is 17.0. The van der Waals surface area contributed by atoms with Crippen molar-refractivity contribution < 1.29 is 43.5 Å². The van der Waals surface area contributed by atoms with Gasteiger partial charge >= 0.3 is 0 Å². The first-order chi connectivity index (χ1) is 68.9. The number of aliphatic hydroxyl groups excluding tert-OH is 1. The number of carbonyl (C=O) groups excluding carboxylic acids is 8. The van der Waals surface area contributed by atoms with Crippen LogP contribution in [-0.2, 0) is 52.0 Å². The third-order valence-electron chi connectivity index (χ3n) is 22.4. The molecule has 4 aliphatic heterocycles. The van der Waals surface area contributed by atoms with E-state index in [4.69, 9.17) is 10.9 Å². The van der Waals surface area contributed by atoms with Gasteiger partial charge in [0.2, 0.25) is 5.91 Å². The summed E-state index contributed by atoms with van der Waals surface area (Å²) in [6.45, 7) is 20.5. The number of Topliss-reactive ketones (excluding diaryl/α,β-unsaturated/α-hetero) is 1. The van der Waals surface area contributed by atoms with Gasteiger partial charge in [0.05, 0.1) is 51.8 Å². The quantitative estimate of drug-likeness (QED) is 0.00345. The molecule has 0 saturated carbocycles. The third-order valence-corrected chi connectivity index (χ3v) is 29.1. The molecule has 734 valence electrons. The smallest absolute Gasteiger partial charge is 0.254 e. The zero-order chi connectivity index (χ0) is 99.7. The Bertz CT molecular complexity index is 5670. The van der Waals surface area contributed by atoms with Crippen molar-refractivity contribution in [3.63, 3.8) is 0 Å². The lowest BCUT2D eigenvalue weighted by Crippen LogP contribution is -2.49. The van der Waals surface area contributed by atoms with Crippen LogP contribution in [0.4, 0.5) is 0 Å². The lowest BCUT2D eigenvalue weighted by atomic mass is 10.2. The van der Waals surface area contributed by atoms with Crippen molar-refractivity contribution >= 4 is 161 Å². The van der Waals surface area contributed by atoms with Crippen molar-refractivity contribution in [3.05, 3.63) is 382 Å². The molecule has 0 unspecified atom stereocenters. The van der Waals surface area contributed by atoms with Gasteiger partial charge in [0.25, 0.3) is 11.8 Å². The maximum absolute atomic E-state index is 12.8. The van der Waals surface area contributed by atoms with Crippen LogP contribution >= 0.6 is 93.7 Å². The molecule has 32 heteroatoms. The predicted molar refractivity (Wildman–Crippen MR) is 585 cm³/mol. The number of ketones is 1. The molecule has 12 aromatic carbocycles.